The quantitative estimate of drug-likeness (QED) is 0.686. The molecule has 0 aliphatic carbocycles. The van der Waals surface area contributed by atoms with Crippen molar-refractivity contribution in [2.45, 2.75) is 32.4 Å². The minimum atomic E-state index is -0.0808. The summed E-state index contributed by atoms with van der Waals surface area (Å²) in [4.78, 5) is 0. The van der Waals surface area contributed by atoms with Crippen LogP contribution >= 0.6 is 0 Å². The first kappa shape index (κ1) is 14.6. The van der Waals surface area contributed by atoms with Gasteiger partial charge < -0.3 is 0 Å². The number of benzene rings is 3. The van der Waals surface area contributed by atoms with Crippen molar-refractivity contribution in [3.8, 4) is 6.07 Å². The normalized spacial score (nSPS) is 12.4. The number of fused-ring (bicyclic) bond motifs is 2. The molecule has 0 aliphatic heterocycles. The maximum Gasteiger partial charge on any atom is 0.0955 e. The van der Waals surface area contributed by atoms with Crippen LogP contribution in [0.2, 0.25) is 0 Å². The molecule has 1 atom stereocenters. The molecule has 0 saturated heterocycles. The zero-order chi connectivity index (χ0) is 15.4. The van der Waals surface area contributed by atoms with Gasteiger partial charge in [0.05, 0.1) is 12.1 Å². The van der Waals surface area contributed by atoms with Crippen LogP contribution < -0.4 is 5.32 Å². The predicted octanol–water partition coefficient (Wildman–Crippen LogP) is 4.77. The molecule has 3 aromatic rings. The summed E-state index contributed by atoms with van der Waals surface area (Å²) < 4.78 is 0. The van der Waals surface area contributed by atoms with Gasteiger partial charge in [0.15, 0.2) is 0 Å². The lowest BCUT2D eigenvalue weighted by Gasteiger charge is -2.15. The Morgan fingerprint density at radius 1 is 1.00 bits per heavy atom. The summed E-state index contributed by atoms with van der Waals surface area (Å²) in [6, 6.07) is 21.5. The molecule has 3 aromatic carbocycles. The van der Waals surface area contributed by atoms with Gasteiger partial charge in [0.2, 0.25) is 0 Å². The predicted molar refractivity (Wildman–Crippen MR) is 92.6 cm³/mol. The number of rotatable bonds is 5. The average Bonchev–Trinajstić information content (AvgIpc) is 2.57. The number of hydrogen-bond donors (Lipinski definition) is 1. The smallest absolute Gasteiger partial charge is 0.0955 e. The van der Waals surface area contributed by atoms with Crippen LogP contribution in [0, 0.1) is 11.3 Å². The second-order valence-electron chi connectivity index (χ2n) is 5.65. The molecule has 0 fully saturated rings. The van der Waals surface area contributed by atoms with Gasteiger partial charge in [-0.05, 0) is 39.6 Å². The van der Waals surface area contributed by atoms with Gasteiger partial charge in [0.25, 0.3) is 0 Å². The second-order valence-corrected chi connectivity index (χ2v) is 5.65. The summed E-state index contributed by atoms with van der Waals surface area (Å²) in [5, 5.41) is 17.7. The van der Waals surface area contributed by atoms with Gasteiger partial charge in [-0.2, -0.15) is 5.26 Å². The maximum atomic E-state index is 9.25. The van der Waals surface area contributed by atoms with Crippen LogP contribution in [0.25, 0.3) is 21.5 Å². The summed E-state index contributed by atoms with van der Waals surface area (Å²) in [5.74, 6) is 0. The Morgan fingerprint density at radius 2 is 1.59 bits per heavy atom. The van der Waals surface area contributed by atoms with E-state index in [0.29, 0.717) is 0 Å². The summed E-state index contributed by atoms with van der Waals surface area (Å²) in [6.45, 7) is 2.83. The zero-order valence-corrected chi connectivity index (χ0v) is 12.8. The Bertz CT molecular complexity index is 776. The first-order valence-corrected chi connectivity index (χ1v) is 7.86. The van der Waals surface area contributed by atoms with Gasteiger partial charge in [-0.25, -0.2) is 0 Å². The molecule has 0 aliphatic rings. The molecular formula is C20H20N2. The molecule has 0 radical (unpaired) electrons. The highest BCUT2D eigenvalue weighted by atomic mass is 14.9. The molecule has 0 bridgehead atoms. The van der Waals surface area contributed by atoms with Gasteiger partial charge >= 0.3 is 0 Å². The van der Waals surface area contributed by atoms with Crippen LogP contribution in [-0.2, 0) is 6.54 Å². The van der Waals surface area contributed by atoms with Crippen molar-refractivity contribution in [3.63, 3.8) is 0 Å². The van der Waals surface area contributed by atoms with Crippen LogP contribution in [0.4, 0.5) is 0 Å². The summed E-state index contributed by atoms with van der Waals surface area (Å²) >= 11 is 0. The minimum absolute atomic E-state index is 0.0808. The van der Waals surface area contributed by atoms with Crippen molar-refractivity contribution in [3.05, 3.63) is 60.2 Å². The van der Waals surface area contributed by atoms with Crippen molar-refractivity contribution in [2.24, 2.45) is 0 Å². The largest absolute Gasteiger partial charge is 0.298 e. The van der Waals surface area contributed by atoms with Crippen molar-refractivity contribution in [1.29, 1.82) is 5.26 Å². The van der Waals surface area contributed by atoms with Crippen molar-refractivity contribution in [2.75, 3.05) is 0 Å². The summed E-state index contributed by atoms with van der Waals surface area (Å²) in [6.07, 6.45) is 1.90. The van der Waals surface area contributed by atoms with E-state index in [4.69, 9.17) is 0 Å². The molecule has 22 heavy (non-hydrogen) atoms. The van der Waals surface area contributed by atoms with Crippen molar-refractivity contribution < 1.29 is 0 Å². The Labute approximate surface area is 131 Å². The molecule has 0 unspecified atom stereocenters. The first-order valence-electron chi connectivity index (χ1n) is 7.86. The molecule has 0 saturated carbocycles. The highest BCUT2D eigenvalue weighted by Crippen LogP contribution is 2.28. The number of nitriles is 1. The lowest BCUT2D eigenvalue weighted by molar-refractivity contribution is 0.560. The Morgan fingerprint density at radius 3 is 2.14 bits per heavy atom. The van der Waals surface area contributed by atoms with E-state index in [2.05, 4.69) is 72.9 Å². The average molecular weight is 288 g/mol. The SMILES string of the molecule is CCC[C@H](C#N)NCc1c2ccccc2cc2ccccc12. The van der Waals surface area contributed by atoms with E-state index in [-0.39, 0.29) is 6.04 Å². The molecular weight excluding hydrogens is 268 g/mol. The van der Waals surface area contributed by atoms with E-state index >= 15 is 0 Å². The third kappa shape index (κ3) is 2.81. The molecule has 0 aromatic heterocycles. The number of nitrogens with zero attached hydrogens (tertiary/aromatic N) is 1. The van der Waals surface area contributed by atoms with E-state index in [0.717, 1.165) is 19.4 Å². The third-order valence-corrected chi connectivity index (χ3v) is 4.14. The maximum absolute atomic E-state index is 9.25. The highest BCUT2D eigenvalue weighted by Gasteiger charge is 2.10. The van der Waals surface area contributed by atoms with E-state index in [1.54, 1.807) is 0 Å². The highest BCUT2D eigenvalue weighted by molar-refractivity contribution is 6.02. The molecule has 0 heterocycles. The van der Waals surface area contributed by atoms with E-state index < -0.39 is 0 Å². The summed E-state index contributed by atoms with van der Waals surface area (Å²) in [5.41, 5.74) is 1.28. The standard InChI is InChI=1S/C20H20N2/c1-2-7-17(13-21)22-14-20-18-10-5-3-8-15(18)12-16-9-4-6-11-19(16)20/h3-6,8-12,17,22H,2,7,14H2,1H3/t17-/m1/s1. The van der Waals surface area contributed by atoms with Crippen LogP contribution in [0.3, 0.4) is 0 Å². The van der Waals surface area contributed by atoms with Gasteiger partial charge in [0.1, 0.15) is 0 Å². The first-order chi connectivity index (χ1) is 10.8. The molecule has 2 heteroatoms. The van der Waals surface area contributed by atoms with E-state index in [1.807, 2.05) is 0 Å². The Kier molecular flexibility index (Phi) is 4.37. The van der Waals surface area contributed by atoms with E-state index in [9.17, 15) is 5.26 Å². The molecule has 0 spiro atoms. The third-order valence-electron chi connectivity index (χ3n) is 4.14. The number of hydrogen-bond acceptors (Lipinski definition) is 2. The molecule has 1 N–H and O–H groups in total. The van der Waals surface area contributed by atoms with Crippen LogP contribution in [0.15, 0.2) is 54.6 Å². The van der Waals surface area contributed by atoms with Gasteiger partial charge in [-0.3, -0.25) is 5.32 Å². The Hall–Kier alpha value is -2.37. The fraction of sp³-hybridized carbons (Fsp3) is 0.250. The zero-order valence-electron chi connectivity index (χ0n) is 12.8. The topological polar surface area (TPSA) is 35.8 Å². The monoisotopic (exact) mass is 288 g/mol. The van der Waals surface area contributed by atoms with Crippen molar-refractivity contribution in [1.82, 2.24) is 5.32 Å². The number of nitrogens with one attached hydrogen (secondary N) is 1. The van der Waals surface area contributed by atoms with Crippen LogP contribution in [-0.4, -0.2) is 6.04 Å². The molecule has 0 amide bonds. The minimum Gasteiger partial charge on any atom is -0.298 e. The molecule has 3 rings (SSSR count). The van der Waals surface area contributed by atoms with Gasteiger partial charge in [0, 0.05) is 6.54 Å². The van der Waals surface area contributed by atoms with Gasteiger partial charge in [-0.15, -0.1) is 0 Å². The van der Waals surface area contributed by atoms with Crippen LogP contribution in [0.1, 0.15) is 25.3 Å². The lowest BCUT2D eigenvalue weighted by Crippen LogP contribution is -2.26. The second kappa shape index (κ2) is 6.60. The fourth-order valence-electron chi connectivity index (χ4n) is 3.02. The Balaban J connectivity index is 2.06. The van der Waals surface area contributed by atoms with E-state index in [1.165, 1.54) is 27.1 Å². The summed E-state index contributed by atoms with van der Waals surface area (Å²) in [7, 11) is 0. The van der Waals surface area contributed by atoms with Gasteiger partial charge in [-0.1, -0.05) is 61.9 Å². The fourth-order valence-corrected chi connectivity index (χ4v) is 3.02. The van der Waals surface area contributed by atoms with Crippen molar-refractivity contribution >= 4 is 21.5 Å². The lowest BCUT2D eigenvalue weighted by atomic mass is 9.96. The molecule has 110 valence electrons. The van der Waals surface area contributed by atoms with Crippen LogP contribution in [0.5, 0.6) is 0 Å². The molecule has 2 nitrogen and oxygen atoms in total.